The van der Waals surface area contributed by atoms with Crippen molar-refractivity contribution in [2.75, 3.05) is 0 Å². The lowest BCUT2D eigenvalue weighted by molar-refractivity contribution is 0.0939. The molecule has 1 aromatic heterocycles. The average Bonchev–Trinajstić information content (AvgIpc) is 2.92. The van der Waals surface area contributed by atoms with E-state index in [0.717, 1.165) is 16.7 Å². The van der Waals surface area contributed by atoms with Gasteiger partial charge in [-0.25, -0.2) is 9.07 Å². The molecule has 27 heavy (non-hydrogen) atoms. The van der Waals surface area contributed by atoms with E-state index in [-0.39, 0.29) is 22.9 Å². The van der Waals surface area contributed by atoms with Crippen LogP contribution in [-0.2, 0) is 0 Å². The predicted molar refractivity (Wildman–Crippen MR) is 105 cm³/mol. The normalized spacial score (nSPS) is 12.1. The molecule has 2 aromatic carbocycles. The first-order chi connectivity index (χ1) is 12.8. The van der Waals surface area contributed by atoms with Gasteiger partial charge in [0.2, 0.25) is 0 Å². The molecule has 140 valence electrons. The lowest BCUT2D eigenvalue weighted by Crippen LogP contribution is -2.27. The van der Waals surface area contributed by atoms with Gasteiger partial charge in [-0.2, -0.15) is 5.10 Å². The van der Waals surface area contributed by atoms with Crippen LogP contribution in [0, 0.1) is 26.6 Å². The summed E-state index contributed by atoms with van der Waals surface area (Å²) >= 11 is 6.43. The third kappa shape index (κ3) is 3.88. The monoisotopic (exact) mass is 385 g/mol. The predicted octanol–water partition coefficient (Wildman–Crippen LogP) is 5.08. The molecule has 0 aliphatic heterocycles. The molecular weight excluding hydrogens is 365 g/mol. The van der Waals surface area contributed by atoms with Gasteiger partial charge in [-0.15, -0.1) is 0 Å². The van der Waals surface area contributed by atoms with Crippen molar-refractivity contribution < 1.29 is 9.18 Å². The van der Waals surface area contributed by atoms with Gasteiger partial charge in [0.05, 0.1) is 23.0 Å². The minimum Gasteiger partial charge on any atom is -0.345 e. The van der Waals surface area contributed by atoms with E-state index in [4.69, 9.17) is 11.6 Å². The Bertz CT molecular complexity index is 995. The molecule has 3 aromatic rings. The first-order valence-electron chi connectivity index (χ1n) is 8.67. The Kier molecular flexibility index (Phi) is 5.33. The fraction of sp³-hybridized carbons (Fsp3) is 0.238. The van der Waals surface area contributed by atoms with Crippen molar-refractivity contribution in [3.63, 3.8) is 0 Å². The third-order valence-corrected chi connectivity index (χ3v) is 4.90. The van der Waals surface area contributed by atoms with Crippen molar-refractivity contribution in [1.82, 2.24) is 15.1 Å². The van der Waals surface area contributed by atoms with Gasteiger partial charge in [0.1, 0.15) is 11.0 Å². The zero-order valence-electron chi connectivity index (χ0n) is 15.7. The van der Waals surface area contributed by atoms with Gasteiger partial charge in [-0.3, -0.25) is 4.79 Å². The molecule has 1 atom stereocenters. The van der Waals surface area contributed by atoms with Crippen LogP contribution < -0.4 is 5.32 Å². The molecule has 0 aliphatic carbocycles. The van der Waals surface area contributed by atoms with Gasteiger partial charge < -0.3 is 5.32 Å². The lowest BCUT2D eigenvalue weighted by Gasteiger charge is -2.17. The van der Waals surface area contributed by atoms with E-state index in [0.29, 0.717) is 16.9 Å². The van der Waals surface area contributed by atoms with Gasteiger partial charge in [-0.1, -0.05) is 35.4 Å². The summed E-state index contributed by atoms with van der Waals surface area (Å²) in [5.41, 5.74) is 4.72. The van der Waals surface area contributed by atoms with Crippen LogP contribution in [0.25, 0.3) is 5.69 Å². The molecule has 1 unspecified atom stereocenters. The van der Waals surface area contributed by atoms with Gasteiger partial charge in [0.15, 0.2) is 0 Å². The van der Waals surface area contributed by atoms with E-state index in [2.05, 4.69) is 16.5 Å². The molecule has 1 heterocycles. The van der Waals surface area contributed by atoms with Gasteiger partial charge in [0, 0.05) is 0 Å². The fourth-order valence-corrected chi connectivity index (χ4v) is 3.44. The molecule has 0 saturated heterocycles. The van der Waals surface area contributed by atoms with E-state index in [1.807, 2.05) is 32.9 Å². The summed E-state index contributed by atoms with van der Waals surface area (Å²) in [7, 11) is 0. The van der Waals surface area contributed by atoms with E-state index in [1.54, 1.807) is 19.1 Å². The number of hydrogen-bond donors (Lipinski definition) is 1. The minimum absolute atomic E-state index is 0.179. The maximum absolute atomic E-state index is 13.2. The summed E-state index contributed by atoms with van der Waals surface area (Å²) in [6.45, 7) is 7.70. The SMILES string of the molecule is Cc1ccc(C)c(C(C)NC(=O)c2c(C)nn(-c3ccc(F)cc3)c2Cl)c1. The zero-order chi connectivity index (χ0) is 19.7. The molecule has 0 radical (unpaired) electrons. The van der Waals surface area contributed by atoms with Crippen LogP contribution in [0.4, 0.5) is 4.39 Å². The summed E-state index contributed by atoms with van der Waals surface area (Å²) in [6.07, 6.45) is 0. The molecule has 1 amide bonds. The Hall–Kier alpha value is -2.66. The zero-order valence-corrected chi connectivity index (χ0v) is 16.4. The lowest BCUT2D eigenvalue weighted by atomic mass is 10.00. The summed E-state index contributed by atoms with van der Waals surface area (Å²) in [5, 5.41) is 7.54. The number of nitrogens with one attached hydrogen (secondary N) is 1. The second-order valence-electron chi connectivity index (χ2n) is 6.69. The highest BCUT2D eigenvalue weighted by Crippen LogP contribution is 2.25. The largest absolute Gasteiger partial charge is 0.345 e. The maximum atomic E-state index is 13.2. The molecule has 4 nitrogen and oxygen atoms in total. The Morgan fingerprint density at radius 2 is 1.81 bits per heavy atom. The molecule has 0 fully saturated rings. The molecular formula is C21H21ClFN3O. The second kappa shape index (κ2) is 7.53. The van der Waals surface area contributed by atoms with Crippen molar-refractivity contribution in [2.45, 2.75) is 33.7 Å². The van der Waals surface area contributed by atoms with Crippen LogP contribution in [0.3, 0.4) is 0 Å². The number of amides is 1. The first-order valence-corrected chi connectivity index (χ1v) is 9.04. The van der Waals surface area contributed by atoms with Gasteiger partial charge in [0.25, 0.3) is 5.91 Å². The number of hydrogen-bond acceptors (Lipinski definition) is 2. The van der Waals surface area contributed by atoms with Crippen molar-refractivity contribution >= 4 is 17.5 Å². The number of rotatable bonds is 4. The van der Waals surface area contributed by atoms with Crippen molar-refractivity contribution in [2.24, 2.45) is 0 Å². The molecule has 0 aliphatic rings. The number of aryl methyl sites for hydroxylation is 3. The summed E-state index contributed by atoms with van der Waals surface area (Å²) in [4.78, 5) is 12.9. The van der Waals surface area contributed by atoms with Gasteiger partial charge >= 0.3 is 0 Å². The van der Waals surface area contributed by atoms with Crippen molar-refractivity contribution in [3.05, 3.63) is 81.4 Å². The fourth-order valence-electron chi connectivity index (χ4n) is 3.08. The van der Waals surface area contributed by atoms with E-state index in [9.17, 15) is 9.18 Å². The number of halogens is 2. The standard InChI is InChI=1S/C21H21ClFN3O/c1-12-5-6-13(2)18(11-12)14(3)24-21(27)19-15(4)25-26(20(19)22)17-9-7-16(23)8-10-17/h5-11,14H,1-4H3,(H,24,27). The molecule has 6 heteroatoms. The number of benzene rings is 2. The quantitative estimate of drug-likeness (QED) is 0.680. The maximum Gasteiger partial charge on any atom is 0.256 e. The molecule has 3 rings (SSSR count). The highest BCUT2D eigenvalue weighted by Gasteiger charge is 2.23. The highest BCUT2D eigenvalue weighted by atomic mass is 35.5. The number of aromatic nitrogens is 2. The first kappa shape index (κ1) is 19.1. The Balaban J connectivity index is 1.89. The van der Waals surface area contributed by atoms with Crippen molar-refractivity contribution in [3.8, 4) is 5.69 Å². The molecule has 0 saturated carbocycles. The van der Waals surface area contributed by atoms with Crippen LogP contribution in [-0.4, -0.2) is 15.7 Å². The van der Waals surface area contributed by atoms with Crippen LogP contribution in [0.1, 0.15) is 45.7 Å². The summed E-state index contributed by atoms with van der Waals surface area (Å²) < 4.78 is 14.6. The smallest absolute Gasteiger partial charge is 0.256 e. The van der Waals surface area contributed by atoms with E-state index < -0.39 is 0 Å². The molecule has 1 N–H and O–H groups in total. The summed E-state index contributed by atoms with van der Waals surface area (Å²) in [6, 6.07) is 11.7. The van der Waals surface area contributed by atoms with Crippen LogP contribution in [0.2, 0.25) is 5.15 Å². The second-order valence-corrected chi connectivity index (χ2v) is 7.05. The van der Waals surface area contributed by atoms with E-state index in [1.165, 1.54) is 16.8 Å². The van der Waals surface area contributed by atoms with Crippen LogP contribution in [0.5, 0.6) is 0 Å². The molecule has 0 spiro atoms. The third-order valence-electron chi connectivity index (χ3n) is 4.55. The molecule has 0 bridgehead atoms. The number of nitrogens with zero attached hydrogens (tertiary/aromatic N) is 2. The van der Waals surface area contributed by atoms with Crippen LogP contribution in [0.15, 0.2) is 42.5 Å². The highest BCUT2D eigenvalue weighted by molar-refractivity contribution is 6.33. The number of carbonyl (C=O) groups is 1. The number of carbonyl (C=O) groups excluding carboxylic acids is 1. The Morgan fingerprint density at radius 1 is 1.15 bits per heavy atom. The van der Waals surface area contributed by atoms with E-state index >= 15 is 0 Å². The summed E-state index contributed by atoms with van der Waals surface area (Å²) in [5.74, 6) is -0.640. The average molecular weight is 386 g/mol. The minimum atomic E-state index is -0.348. The van der Waals surface area contributed by atoms with Crippen LogP contribution >= 0.6 is 11.6 Å². The topological polar surface area (TPSA) is 46.9 Å². The Morgan fingerprint density at radius 3 is 2.48 bits per heavy atom. The Labute approximate surface area is 163 Å². The van der Waals surface area contributed by atoms with Gasteiger partial charge in [-0.05, 0) is 63.1 Å². The van der Waals surface area contributed by atoms with Crippen molar-refractivity contribution in [1.29, 1.82) is 0 Å².